The molecule has 0 fully saturated rings. The fourth-order valence-electron chi connectivity index (χ4n) is 2.71. The van der Waals surface area contributed by atoms with E-state index >= 15 is 0 Å². The van der Waals surface area contributed by atoms with Crippen LogP contribution in [0.1, 0.15) is 54.9 Å². The first-order chi connectivity index (χ1) is 7.96. The Labute approximate surface area is 113 Å². The van der Waals surface area contributed by atoms with Gasteiger partial charge in [0.15, 0.2) is 0 Å². The number of nitrogens with one attached hydrogen (secondary N) is 1. The Morgan fingerprint density at radius 3 is 2.11 bits per heavy atom. The zero-order chi connectivity index (χ0) is 14.2. The second kappa shape index (κ2) is 4.82. The average Bonchev–Trinajstić information content (AvgIpc) is 2.13. The molecule has 2 nitrogen and oxygen atoms in total. The highest BCUT2D eigenvalue weighted by Gasteiger charge is 2.42. The van der Waals surface area contributed by atoms with Crippen molar-refractivity contribution in [1.82, 2.24) is 5.32 Å². The van der Waals surface area contributed by atoms with Gasteiger partial charge in [-0.05, 0) is 40.7 Å². The Kier molecular flexibility index (Phi) is 4.14. The van der Waals surface area contributed by atoms with Gasteiger partial charge in [0, 0.05) is 22.9 Å². The van der Waals surface area contributed by atoms with Crippen molar-refractivity contribution in [3.63, 3.8) is 0 Å². The topological polar surface area (TPSA) is 39.7 Å². The predicted octanol–water partition coefficient (Wildman–Crippen LogP) is 2.68. The third-order valence-electron chi connectivity index (χ3n) is 4.22. The largest absolute Gasteiger partial charge is 0.352 e. The van der Waals surface area contributed by atoms with E-state index in [2.05, 4.69) is 77.7 Å². The molecule has 1 aliphatic carbocycles. The lowest BCUT2D eigenvalue weighted by Gasteiger charge is -2.48. The molecule has 4 N–H and O–H groups in total. The smallest absolute Gasteiger partial charge is 0.107 e. The van der Waals surface area contributed by atoms with Crippen molar-refractivity contribution in [2.75, 3.05) is 0 Å². The van der Waals surface area contributed by atoms with E-state index in [1.54, 1.807) is 0 Å². The van der Waals surface area contributed by atoms with E-state index < -0.39 is 0 Å². The molecule has 0 aliphatic heterocycles. The second-order valence-corrected chi connectivity index (χ2v) is 7.67. The van der Waals surface area contributed by atoms with Crippen molar-refractivity contribution < 1.29 is 5.73 Å². The van der Waals surface area contributed by atoms with Crippen LogP contribution >= 0.6 is 0 Å². The Morgan fingerprint density at radius 1 is 1.11 bits per heavy atom. The van der Waals surface area contributed by atoms with Crippen LogP contribution in [0.5, 0.6) is 0 Å². The normalized spacial score (nSPS) is 22.0. The van der Waals surface area contributed by atoms with Gasteiger partial charge in [0.05, 0.1) is 0 Å². The summed E-state index contributed by atoms with van der Waals surface area (Å²) in [5.41, 5.74) is 5.94. The van der Waals surface area contributed by atoms with E-state index in [9.17, 15) is 0 Å². The summed E-state index contributed by atoms with van der Waals surface area (Å²) >= 11 is 0. The highest BCUT2D eigenvalue weighted by molar-refractivity contribution is 5.28. The maximum Gasteiger partial charge on any atom is 0.107 e. The minimum atomic E-state index is 0.0436. The molecule has 0 saturated carbocycles. The maximum atomic E-state index is 4.17. The van der Waals surface area contributed by atoms with E-state index in [1.165, 1.54) is 5.57 Å². The molecule has 1 aliphatic rings. The van der Waals surface area contributed by atoms with Crippen molar-refractivity contribution in [3.8, 4) is 0 Å². The van der Waals surface area contributed by atoms with Gasteiger partial charge in [-0.3, -0.25) is 0 Å². The first-order valence-electron chi connectivity index (χ1n) is 6.96. The molecule has 2 heteroatoms. The molecular weight excluding hydrogens is 220 g/mol. The summed E-state index contributed by atoms with van der Waals surface area (Å²) in [7, 11) is 0. The van der Waals surface area contributed by atoms with Gasteiger partial charge in [0.1, 0.15) is 6.04 Å². The molecule has 0 radical (unpaired) electrons. The van der Waals surface area contributed by atoms with E-state index in [4.69, 9.17) is 0 Å². The molecule has 0 heterocycles. The Bertz CT molecular complexity index is 354. The lowest BCUT2D eigenvalue weighted by atomic mass is 9.66. The molecule has 1 rings (SSSR count). The summed E-state index contributed by atoms with van der Waals surface area (Å²) in [5, 5.41) is 3.76. The summed E-state index contributed by atoms with van der Waals surface area (Å²) in [6.45, 7) is 16.0. The van der Waals surface area contributed by atoms with Gasteiger partial charge < -0.3 is 11.1 Å². The van der Waals surface area contributed by atoms with Crippen LogP contribution in [0.3, 0.4) is 0 Å². The zero-order valence-corrected chi connectivity index (χ0v) is 13.2. The summed E-state index contributed by atoms with van der Waals surface area (Å²) in [6, 6.07) is 0.412. The number of hydrogen-bond donors (Lipinski definition) is 2. The zero-order valence-electron chi connectivity index (χ0n) is 13.2. The molecule has 0 amide bonds. The summed E-state index contributed by atoms with van der Waals surface area (Å²) in [5.74, 6) is 0. The van der Waals surface area contributed by atoms with Gasteiger partial charge in [-0.15, -0.1) is 0 Å². The van der Waals surface area contributed by atoms with Crippen LogP contribution in [-0.2, 0) is 0 Å². The lowest BCUT2D eigenvalue weighted by Crippen LogP contribution is -2.62. The highest BCUT2D eigenvalue weighted by Crippen LogP contribution is 2.41. The van der Waals surface area contributed by atoms with Crippen LogP contribution in [-0.4, -0.2) is 17.1 Å². The highest BCUT2D eigenvalue weighted by atomic mass is 15.0. The Balaban J connectivity index is 2.98. The monoisotopic (exact) mass is 251 g/mol. The van der Waals surface area contributed by atoms with Gasteiger partial charge in [0.2, 0.25) is 0 Å². The number of allylic oxidation sites excluding steroid dienone is 2. The van der Waals surface area contributed by atoms with Gasteiger partial charge >= 0.3 is 0 Å². The average molecular weight is 251 g/mol. The van der Waals surface area contributed by atoms with E-state index in [0.29, 0.717) is 6.04 Å². The third-order valence-corrected chi connectivity index (χ3v) is 4.22. The van der Waals surface area contributed by atoms with Gasteiger partial charge in [-0.25, -0.2) is 0 Å². The molecule has 0 aromatic heterocycles. The minimum Gasteiger partial charge on any atom is -0.352 e. The van der Waals surface area contributed by atoms with Crippen molar-refractivity contribution in [3.05, 3.63) is 23.8 Å². The van der Waals surface area contributed by atoms with Gasteiger partial charge in [0.25, 0.3) is 0 Å². The first-order valence-corrected chi connectivity index (χ1v) is 6.96. The standard InChI is InChI=1S/C16H30N2/c1-14(2,3)18-16(6,7)15(4,5)12-9-8-10-13(17)11-12/h8-10,13,18H,11,17H2,1-7H3/p+1. The quantitative estimate of drug-likeness (QED) is 0.795. The molecule has 104 valence electrons. The van der Waals surface area contributed by atoms with Crippen LogP contribution in [0.15, 0.2) is 23.8 Å². The minimum absolute atomic E-state index is 0.0436. The molecule has 0 aromatic carbocycles. The SMILES string of the molecule is CC(C)(C)NC(C)(C)C(C)(C)C1=CC=CC([NH3+])C1. The first kappa shape index (κ1) is 15.5. The van der Waals surface area contributed by atoms with Crippen LogP contribution in [0.4, 0.5) is 0 Å². The van der Waals surface area contributed by atoms with Crippen LogP contribution in [0.25, 0.3) is 0 Å². The summed E-state index contributed by atoms with van der Waals surface area (Å²) < 4.78 is 0. The fourth-order valence-corrected chi connectivity index (χ4v) is 2.71. The third kappa shape index (κ3) is 3.46. The lowest BCUT2D eigenvalue weighted by molar-refractivity contribution is -0.403. The summed E-state index contributed by atoms with van der Waals surface area (Å²) in [4.78, 5) is 0. The number of hydrogen-bond acceptors (Lipinski definition) is 1. The van der Waals surface area contributed by atoms with Crippen molar-refractivity contribution in [2.45, 2.75) is 72.0 Å². The van der Waals surface area contributed by atoms with Crippen molar-refractivity contribution in [2.24, 2.45) is 5.41 Å². The summed E-state index contributed by atoms with van der Waals surface area (Å²) in [6.07, 6.45) is 7.68. The number of rotatable bonds is 3. The number of quaternary nitrogens is 1. The van der Waals surface area contributed by atoms with Crippen LogP contribution < -0.4 is 11.1 Å². The second-order valence-electron chi connectivity index (χ2n) is 7.67. The van der Waals surface area contributed by atoms with Crippen molar-refractivity contribution in [1.29, 1.82) is 0 Å². The van der Waals surface area contributed by atoms with E-state index in [1.807, 2.05) is 0 Å². The van der Waals surface area contributed by atoms with Crippen molar-refractivity contribution >= 4 is 0 Å². The predicted molar refractivity (Wildman–Crippen MR) is 79.3 cm³/mol. The van der Waals surface area contributed by atoms with E-state index in [-0.39, 0.29) is 16.5 Å². The molecule has 0 spiro atoms. The molecule has 1 unspecified atom stereocenters. The molecule has 0 aromatic rings. The van der Waals surface area contributed by atoms with Gasteiger partial charge in [-0.2, -0.15) is 0 Å². The molecule has 0 bridgehead atoms. The van der Waals surface area contributed by atoms with Crippen LogP contribution in [0.2, 0.25) is 0 Å². The molecule has 18 heavy (non-hydrogen) atoms. The van der Waals surface area contributed by atoms with Crippen LogP contribution in [0, 0.1) is 5.41 Å². The molecule has 1 atom stereocenters. The maximum absolute atomic E-state index is 4.17. The molecule has 0 saturated heterocycles. The molecular formula is C16H31N2+. The Morgan fingerprint density at radius 2 is 1.67 bits per heavy atom. The van der Waals surface area contributed by atoms with E-state index in [0.717, 1.165) is 6.42 Å². The fraction of sp³-hybridized carbons (Fsp3) is 0.750. The Hall–Kier alpha value is -0.600. The van der Waals surface area contributed by atoms with Gasteiger partial charge in [-0.1, -0.05) is 31.6 Å².